The highest BCUT2D eigenvalue weighted by Gasteiger charge is 2.05. The van der Waals surface area contributed by atoms with E-state index in [1.54, 1.807) is 0 Å². The molecule has 0 aromatic heterocycles. The standard InChI is InChI=1S/C24H46O4/c1-3-5-7-8-9-10-11-12-13-18-22-28-24(26)20-16-14-15-19-23(25)27-21-17-6-4-2/h3-22H2,1-2H3. The van der Waals surface area contributed by atoms with Crippen molar-refractivity contribution in [3.05, 3.63) is 0 Å². The van der Waals surface area contributed by atoms with E-state index in [4.69, 9.17) is 9.47 Å². The first-order valence-corrected chi connectivity index (χ1v) is 12.0. The molecule has 0 aliphatic rings. The molecular formula is C24H46O4. The Hall–Kier alpha value is -1.06. The molecule has 0 heterocycles. The molecule has 0 spiro atoms. The number of carbonyl (C=O) groups is 2. The van der Waals surface area contributed by atoms with E-state index in [0.717, 1.165) is 51.4 Å². The van der Waals surface area contributed by atoms with Crippen LogP contribution in [0.25, 0.3) is 0 Å². The Morgan fingerprint density at radius 1 is 0.464 bits per heavy atom. The summed E-state index contributed by atoms with van der Waals surface area (Å²) in [6.45, 7) is 5.48. The van der Waals surface area contributed by atoms with Crippen molar-refractivity contribution in [1.29, 1.82) is 0 Å². The first-order valence-electron chi connectivity index (χ1n) is 12.0. The Morgan fingerprint density at radius 2 is 0.786 bits per heavy atom. The number of unbranched alkanes of at least 4 members (excludes halogenated alkanes) is 13. The lowest BCUT2D eigenvalue weighted by molar-refractivity contribution is -0.144. The minimum atomic E-state index is -0.111. The van der Waals surface area contributed by atoms with Gasteiger partial charge in [-0.2, -0.15) is 0 Å². The minimum Gasteiger partial charge on any atom is -0.466 e. The predicted molar refractivity (Wildman–Crippen MR) is 116 cm³/mol. The van der Waals surface area contributed by atoms with Crippen molar-refractivity contribution in [1.82, 2.24) is 0 Å². The van der Waals surface area contributed by atoms with Crippen molar-refractivity contribution in [2.24, 2.45) is 0 Å². The molecule has 0 aliphatic heterocycles. The molecule has 0 aromatic rings. The predicted octanol–water partition coefficient (Wildman–Crippen LogP) is 7.13. The third-order valence-corrected chi connectivity index (χ3v) is 5.03. The zero-order chi connectivity index (χ0) is 20.7. The molecule has 0 aromatic carbocycles. The lowest BCUT2D eigenvalue weighted by Gasteiger charge is -2.06. The molecule has 4 nitrogen and oxygen atoms in total. The van der Waals surface area contributed by atoms with E-state index in [1.165, 1.54) is 51.4 Å². The van der Waals surface area contributed by atoms with Gasteiger partial charge in [-0.15, -0.1) is 0 Å². The second-order valence-corrected chi connectivity index (χ2v) is 7.89. The zero-order valence-electron chi connectivity index (χ0n) is 18.8. The van der Waals surface area contributed by atoms with Crippen molar-refractivity contribution in [2.75, 3.05) is 13.2 Å². The molecule has 0 aliphatic carbocycles. The summed E-state index contributed by atoms with van der Waals surface area (Å²) in [4.78, 5) is 23.2. The molecule has 0 atom stereocenters. The Kier molecular flexibility index (Phi) is 21.4. The Morgan fingerprint density at radius 3 is 1.25 bits per heavy atom. The summed E-state index contributed by atoms with van der Waals surface area (Å²) < 4.78 is 10.5. The average Bonchev–Trinajstić information content (AvgIpc) is 2.69. The Balaban J connectivity index is 3.26. The highest BCUT2D eigenvalue weighted by Crippen LogP contribution is 2.11. The first-order chi connectivity index (χ1) is 13.7. The molecule has 0 fully saturated rings. The van der Waals surface area contributed by atoms with Crippen molar-refractivity contribution in [3.8, 4) is 0 Å². The van der Waals surface area contributed by atoms with Crippen LogP contribution in [0, 0.1) is 0 Å². The summed E-state index contributed by atoms with van der Waals surface area (Å²) in [5.41, 5.74) is 0. The second kappa shape index (κ2) is 22.2. The van der Waals surface area contributed by atoms with Crippen LogP contribution < -0.4 is 0 Å². The zero-order valence-corrected chi connectivity index (χ0v) is 18.8. The van der Waals surface area contributed by atoms with E-state index in [1.807, 2.05) is 0 Å². The molecule has 0 rings (SSSR count). The number of carbonyl (C=O) groups excluding carboxylic acids is 2. The fraction of sp³-hybridized carbons (Fsp3) is 0.917. The van der Waals surface area contributed by atoms with Gasteiger partial charge < -0.3 is 9.47 Å². The van der Waals surface area contributed by atoms with Crippen LogP contribution in [0.5, 0.6) is 0 Å². The molecule has 0 bridgehead atoms. The highest BCUT2D eigenvalue weighted by atomic mass is 16.5. The van der Waals surface area contributed by atoms with Gasteiger partial charge in [-0.1, -0.05) is 90.9 Å². The quantitative estimate of drug-likeness (QED) is 0.152. The molecule has 166 valence electrons. The SMILES string of the molecule is CCCCCCCCCCCCOC(=O)CCCCCC(=O)OCCCCC. The van der Waals surface area contributed by atoms with E-state index in [2.05, 4.69) is 13.8 Å². The Labute approximate surface area is 174 Å². The molecule has 0 saturated carbocycles. The molecular weight excluding hydrogens is 352 g/mol. The van der Waals surface area contributed by atoms with Gasteiger partial charge >= 0.3 is 11.9 Å². The smallest absolute Gasteiger partial charge is 0.305 e. The maximum Gasteiger partial charge on any atom is 0.305 e. The lowest BCUT2D eigenvalue weighted by Crippen LogP contribution is -2.07. The van der Waals surface area contributed by atoms with Crippen molar-refractivity contribution in [3.63, 3.8) is 0 Å². The van der Waals surface area contributed by atoms with E-state index < -0.39 is 0 Å². The van der Waals surface area contributed by atoms with Crippen LogP contribution in [0.3, 0.4) is 0 Å². The number of hydrogen-bond donors (Lipinski definition) is 0. The van der Waals surface area contributed by atoms with Crippen LogP contribution in [0.1, 0.15) is 129 Å². The number of rotatable bonds is 21. The lowest BCUT2D eigenvalue weighted by atomic mass is 10.1. The van der Waals surface area contributed by atoms with Gasteiger partial charge in [0.25, 0.3) is 0 Å². The largest absolute Gasteiger partial charge is 0.466 e. The number of hydrogen-bond acceptors (Lipinski definition) is 4. The molecule has 0 N–H and O–H groups in total. The number of esters is 2. The van der Waals surface area contributed by atoms with Gasteiger partial charge in [-0.3, -0.25) is 9.59 Å². The third kappa shape index (κ3) is 21.2. The molecule has 28 heavy (non-hydrogen) atoms. The molecule has 0 radical (unpaired) electrons. The van der Waals surface area contributed by atoms with E-state index in [0.29, 0.717) is 26.1 Å². The van der Waals surface area contributed by atoms with Crippen molar-refractivity contribution < 1.29 is 19.1 Å². The molecule has 0 unspecified atom stereocenters. The molecule has 0 amide bonds. The summed E-state index contributed by atoms with van der Waals surface area (Å²) in [5.74, 6) is -0.210. The van der Waals surface area contributed by atoms with Gasteiger partial charge in [0.15, 0.2) is 0 Å². The molecule has 4 heteroatoms. The maximum atomic E-state index is 11.7. The van der Waals surface area contributed by atoms with Gasteiger partial charge in [0.05, 0.1) is 13.2 Å². The van der Waals surface area contributed by atoms with E-state index >= 15 is 0 Å². The number of ether oxygens (including phenoxy) is 2. The van der Waals surface area contributed by atoms with Gasteiger partial charge in [-0.25, -0.2) is 0 Å². The van der Waals surface area contributed by atoms with Gasteiger partial charge in [0.2, 0.25) is 0 Å². The monoisotopic (exact) mass is 398 g/mol. The van der Waals surface area contributed by atoms with Crippen LogP contribution in [0.4, 0.5) is 0 Å². The summed E-state index contributed by atoms with van der Waals surface area (Å²) in [7, 11) is 0. The average molecular weight is 399 g/mol. The fourth-order valence-electron chi connectivity index (χ4n) is 3.17. The first kappa shape index (κ1) is 26.9. The van der Waals surface area contributed by atoms with E-state index in [-0.39, 0.29) is 11.9 Å². The third-order valence-electron chi connectivity index (χ3n) is 5.03. The normalized spacial score (nSPS) is 10.8. The maximum absolute atomic E-state index is 11.7. The summed E-state index contributed by atoms with van der Waals surface area (Å²) in [6, 6.07) is 0. The van der Waals surface area contributed by atoms with Crippen LogP contribution in [0.2, 0.25) is 0 Å². The minimum absolute atomic E-state index is 0.0990. The molecule has 0 saturated heterocycles. The second-order valence-electron chi connectivity index (χ2n) is 7.89. The van der Waals surface area contributed by atoms with E-state index in [9.17, 15) is 9.59 Å². The van der Waals surface area contributed by atoms with Crippen molar-refractivity contribution in [2.45, 2.75) is 129 Å². The topological polar surface area (TPSA) is 52.6 Å². The van der Waals surface area contributed by atoms with Crippen LogP contribution in [-0.4, -0.2) is 25.2 Å². The van der Waals surface area contributed by atoms with Gasteiger partial charge in [-0.05, 0) is 25.7 Å². The summed E-state index contributed by atoms with van der Waals surface area (Å²) in [5, 5.41) is 0. The van der Waals surface area contributed by atoms with Crippen LogP contribution >= 0.6 is 0 Å². The van der Waals surface area contributed by atoms with Gasteiger partial charge in [0, 0.05) is 12.8 Å². The van der Waals surface area contributed by atoms with Crippen LogP contribution in [0.15, 0.2) is 0 Å². The highest BCUT2D eigenvalue weighted by molar-refractivity contribution is 5.69. The Bertz CT molecular complexity index is 355. The summed E-state index contributed by atoms with van der Waals surface area (Å²) >= 11 is 0. The fourth-order valence-corrected chi connectivity index (χ4v) is 3.17. The van der Waals surface area contributed by atoms with Crippen molar-refractivity contribution >= 4 is 11.9 Å². The van der Waals surface area contributed by atoms with Gasteiger partial charge in [0.1, 0.15) is 0 Å². The summed E-state index contributed by atoms with van der Waals surface area (Å²) in [6.07, 6.45) is 19.4. The van der Waals surface area contributed by atoms with Crippen LogP contribution in [-0.2, 0) is 19.1 Å².